The number of aromatic hydroxyl groups is 1. The summed E-state index contributed by atoms with van der Waals surface area (Å²) < 4.78 is 6.39. The number of fused-ring (bicyclic) bond motifs is 1. The molecule has 0 fully saturated rings. The average molecular weight is 271 g/mol. The summed E-state index contributed by atoms with van der Waals surface area (Å²) >= 11 is 0. The third kappa shape index (κ3) is 1.86. The van der Waals surface area contributed by atoms with Gasteiger partial charge < -0.3 is 14.9 Å². The number of aromatic nitrogens is 3. The van der Waals surface area contributed by atoms with Crippen molar-refractivity contribution in [2.75, 3.05) is 7.11 Å². The van der Waals surface area contributed by atoms with Crippen molar-refractivity contribution in [3.05, 3.63) is 48.0 Å². The third-order valence-electron chi connectivity index (χ3n) is 3.14. The monoisotopic (exact) mass is 271 g/mol. The largest absolute Gasteiger partial charge is 0.504 e. The first-order chi connectivity index (χ1) is 9.72. The first-order valence-corrected chi connectivity index (χ1v) is 6.06. The van der Waals surface area contributed by atoms with Crippen LogP contribution in [0.5, 0.6) is 11.5 Å². The summed E-state index contributed by atoms with van der Waals surface area (Å²) in [5.41, 5.74) is 1.66. The molecule has 0 unspecified atom stereocenters. The molecule has 0 aliphatic rings. The normalized spacial score (nSPS) is 12.5. The van der Waals surface area contributed by atoms with Gasteiger partial charge in [-0.05, 0) is 18.2 Å². The Labute approximate surface area is 114 Å². The molecule has 0 aliphatic carbocycles. The number of benzene rings is 2. The molecule has 2 N–H and O–H groups in total. The molecule has 20 heavy (non-hydrogen) atoms. The highest BCUT2D eigenvalue weighted by Crippen LogP contribution is 2.34. The summed E-state index contributed by atoms with van der Waals surface area (Å²) in [5, 5.41) is 28.4. The first-order valence-electron chi connectivity index (χ1n) is 6.06. The minimum atomic E-state index is -1.14. The van der Waals surface area contributed by atoms with E-state index in [1.807, 2.05) is 12.1 Å². The van der Waals surface area contributed by atoms with Gasteiger partial charge in [-0.15, -0.1) is 5.10 Å². The molecule has 0 saturated heterocycles. The van der Waals surface area contributed by atoms with E-state index >= 15 is 0 Å². The minimum Gasteiger partial charge on any atom is -0.504 e. The molecular weight excluding hydrogens is 258 g/mol. The Kier molecular flexibility index (Phi) is 3.00. The second kappa shape index (κ2) is 4.82. The molecule has 0 bridgehead atoms. The highest BCUT2D eigenvalue weighted by atomic mass is 16.5. The molecule has 2 aromatic carbocycles. The van der Waals surface area contributed by atoms with Crippen LogP contribution in [0.3, 0.4) is 0 Å². The Morgan fingerprint density at radius 3 is 2.75 bits per heavy atom. The van der Waals surface area contributed by atoms with Gasteiger partial charge in [0.1, 0.15) is 5.52 Å². The summed E-state index contributed by atoms with van der Waals surface area (Å²) in [6.45, 7) is 0. The Morgan fingerprint density at radius 2 is 1.95 bits per heavy atom. The van der Waals surface area contributed by atoms with Gasteiger partial charge in [0, 0.05) is 5.56 Å². The Morgan fingerprint density at radius 1 is 1.15 bits per heavy atom. The SMILES string of the molecule is COc1cccc([C@@H](O)n2nnc3ccccc32)c1O. The van der Waals surface area contributed by atoms with Gasteiger partial charge in [-0.1, -0.05) is 29.5 Å². The Hall–Kier alpha value is -2.60. The number of aliphatic hydroxyl groups excluding tert-OH is 1. The molecule has 0 aliphatic heterocycles. The number of hydrogen-bond donors (Lipinski definition) is 2. The quantitative estimate of drug-likeness (QED) is 0.757. The van der Waals surface area contributed by atoms with Crippen molar-refractivity contribution in [2.24, 2.45) is 0 Å². The highest BCUT2D eigenvalue weighted by Gasteiger charge is 2.19. The zero-order valence-corrected chi connectivity index (χ0v) is 10.8. The minimum absolute atomic E-state index is 0.109. The second-order valence-corrected chi connectivity index (χ2v) is 4.29. The van der Waals surface area contributed by atoms with Crippen molar-refractivity contribution in [1.82, 2.24) is 15.0 Å². The van der Waals surface area contributed by atoms with Crippen LogP contribution in [0.4, 0.5) is 0 Å². The van der Waals surface area contributed by atoms with E-state index in [9.17, 15) is 10.2 Å². The van der Waals surface area contributed by atoms with Crippen molar-refractivity contribution < 1.29 is 14.9 Å². The van der Waals surface area contributed by atoms with Crippen LogP contribution < -0.4 is 4.74 Å². The maximum atomic E-state index is 10.4. The number of para-hydroxylation sites is 2. The number of phenols is 1. The lowest BCUT2D eigenvalue weighted by Gasteiger charge is -2.15. The molecule has 1 heterocycles. The third-order valence-corrected chi connectivity index (χ3v) is 3.14. The number of methoxy groups -OCH3 is 1. The Bertz CT molecular complexity index is 754. The van der Waals surface area contributed by atoms with Crippen LogP contribution in [0.15, 0.2) is 42.5 Å². The van der Waals surface area contributed by atoms with E-state index in [4.69, 9.17) is 4.74 Å². The van der Waals surface area contributed by atoms with Gasteiger partial charge in [-0.25, -0.2) is 4.68 Å². The summed E-state index contributed by atoms with van der Waals surface area (Å²) in [5.74, 6) is 0.188. The van der Waals surface area contributed by atoms with Crippen molar-refractivity contribution in [3.63, 3.8) is 0 Å². The van der Waals surface area contributed by atoms with E-state index in [2.05, 4.69) is 10.3 Å². The molecule has 6 nitrogen and oxygen atoms in total. The standard InChI is InChI=1S/C14H13N3O3/c1-20-12-8-4-5-9(13(12)18)14(19)17-11-7-3-2-6-10(11)15-16-17/h2-8,14,18-19H,1H3/t14-/m1/s1. The van der Waals surface area contributed by atoms with Gasteiger partial charge in [-0.3, -0.25) is 0 Å². The number of nitrogens with zero attached hydrogens (tertiary/aromatic N) is 3. The summed E-state index contributed by atoms with van der Waals surface area (Å²) in [7, 11) is 1.45. The molecule has 1 aromatic heterocycles. The molecule has 102 valence electrons. The number of aliphatic hydroxyl groups is 1. The fourth-order valence-corrected chi connectivity index (χ4v) is 2.11. The molecule has 0 amide bonds. The maximum absolute atomic E-state index is 10.4. The van der Waals surface area contributed by atoms with Crippen LogP contribution in [-0.4, -0.2) is 32.3 Å². The molecule has 3 aromatic rings. The van der Waals surface area contributed by atoms with Crippen LogP contribution >= 0.6 is 0 Å². The number of rotatable bonds is 3. The van der Waals surface area contributed by atoms with Gasteiger partial charge in [0.25, 0.3) is 0 Å². The van der Waals surface area contributed by atoms with Crippen LogP contribution in [0, 0.1) is 0 Å². The molecule has 0 saturated carbocycles. The van der Waals surface area contributed by atoms with Crippen LogP contribution in [0.2, 0.25) is 0 Å². The van der Waals surface area contributed by atoms with Crippen molar-refractivity contribution >= 4 is 11.0 Å². The second-order valence-electron chi connectivity index (χ2n) is 4.29. The van der Waals surface area contributed by atoms with E-state index in [0.29, 0.717) is 22.3 Å². The highest BCUT2D eigenvalue weighted by molar-refractivity contribution is 5.74. The smallest absolute Gasteiger partial charge is 0.179 e. The number of hydrogen-bond acceptors (Lipinski definition) is 5. The van der Waals surface area contributed by atoms with Crippen LogP contribution in [0.25, 0.3) is 11.0 Å². The van der Waals surface area contributed by atoms with Crippen LogP contribution in [-0.2, 0) is 0 Å². The molecule has 0 spiro atoms. The molecular formula is C14H13N3O3. The van der Waals surface area contributed by atoms with Crippen molar-refractivity contribution in [1.29, 1.82) is 0 Å². The lowest BCUT2D eigenvalue weighted by atomic mass is 10.1. The lowest BCUT2D eigenvalue weighted by Crippen LogP contribution is -2.12. The maximum Gasteiger partial charge on any atom is 0.179 e. The number of ether oxygens (including phenoxy) is 1. The fraction of sp³-hybridized carbons (Fsp3) is 0.143. The van der Waals surface area contributed by atoms with Gasteiger partial charge in [0.05, 0.1) is 12.6 Å². The van der Waals surface area contributed by atoms with Crippen molar-refractivity contribution in [3.8, 4) is 11.5 Å². The van der Waals surface area contributed by atoms with Crippen molar-refractivity contribution in [2.45, 2.75) is 6.23 Å². The predicted octanol–water partition coefficient (Wildman–Crippen LogP) is 1.68. The predicted molar refractivity (Wildman–Crippen MR) is 72.5 cm³/mol. The fourth-order valence-electron chi connectivity index (χ4n) is 2.11. The summed E-state index contributed by atoms with van der Waals surface area (Å²) in [6, 6.07) is 12.2. The molecule has 6 heteroatoms. The molecule has 3 rings (SSSR count). The topological polar surface area (TPSA) is 80.4 Å². The van der Waals surface area contributed by atoms with E-state index in [1.165, 1.54) is 11.8 Å². The average Bonchev–Trinajstić information content (AvgIpc) is 2.91. The van der Waals surface area contributed by atoms with Gasteiger partial charge in [-0.2, -0.15) is 0 Å². The summed E-state index contributed by atoms with van der Waals surface area (Å²) in [4.78, 5) is 0. The molecule has 0 radical (unpaired) electrons. The molecule has 1 atom stereocenters. The summed E-state index contributed by atoms with van der Waals surface area (Å²) in [6.07, 6.45) is -1.14. The van der Waals surface area contributed by atoms with E-state index in [0.717, 1.165) is 0 Å². The lowest BCUT2D eigenvalue weighted by molar-refractivity contribution is 0.130. The van der Waals surface area contributed by atoms with Gasteiger partial charge in [0.2, 0.25) is 0 Å². The van der Waals surface area contributed by atoms with E-state index in [-0.39, 0.29) is 5.75 Å². The van der Waals surface area contributed by atoms with Crippen LogP contribution in [0.1, 0.15) is 11.8 Å². The first kappa shape index (κ1) is 12.4. The van der Waals surface area contributed by atoms with Gasteiger partial charge in [0.15, 0.2) is 17.7 Å². The van der Waals surface area contributed by atoms with E-state index in [1.54, 1.807) is 30.3 Å². The van der Waals surface area contributed by atoms with Gasteiger partial charge >= 0.3 is 0 Å². The zero-order valence-electron chi connectivity index (χ0n) is 10.8. The zero-order chi connectivity index (χ0) is 14.1. The Balaban J connectivity index is 2.11. The number of phenolic OH excluding ortho intramolecular Hbond substituents is 1. The van der Waals surface area contributed by atoms with E-state index < -0.39 is 6.23 Å².